The molecule has 0 aromatic carbocycles. The number of fused-ring (bicyclic) bond motifs is 1. The number of phosphoric ester groups is 3. The Hall–Kier alpha value is -2.44. The Morgan fingerprint density at radius 1 is 0.682 bits per heavy atom. The van der Waals surface area contributed by atoms with Crippen molar-refractivity contribution >= 4 is 69.1 Å². The highest BCUT2D eigenvalue weighted by molar-refractivity contribution is 8.13. The minimum atomic E-state index is -5.92. The molecule has 492 valence electrons. The maximum Gasteiger partial charge on any atom is 0.274 e. The van der Waals surface area contributed by atoms with Crippen LogP contribution in [0.4, 0.5) is 5.82 Å². The van der Waals surface area contributed by atoms with E-state index in [9.17, 15) is 57.9 Å². The quantitative estimate of drug-likeness (QED) is 0.0304. The molecule has 0 bridgehead atoms. The predicted molar refractivity (Wildman–Crippen MR) is 321 cm³/mol. The fraction of sp³-hybridized carbons (Fsp3) is 0.860. The Labute approximate surface area is 509 Å². The van der Waals surface area contributed by atoms with E-state index in [0.717, 1.165) is 48.2 Å². The lowest BCUT2D eigenvalue weighted by Gasteiger charge is -2.36. The van der Waals surface area contributed by atoms with Gasteiger partial charge in [-0.1, -0.05) is 238 Å². The standard InChI is InChI=1S/C57H106N7O17P3S/c1-4-5-6-7-8-9-10-11-12-13-14-15-16-17-18-19-20-21-22-23-24-25-26-27-28-29-30-31-32-33-34-35-36-37-48(66)85-41-40-59-47(65)38-39-60-55(69)52(68)57(2,3)43-78-84(75,76)81-83(73,74)77-42-46-51(80-82(70,71)72)50(67)56(79-46)64-45-63-49-53(58)61-44-62-54(49)64/h44-46,50-52,56,67-68H,4-43H2,1-3H3,(H,59,65)(H,60,69)(H,73,74)(H,75,76)(H2,58,61,62)(H2,70,71,72)/p-4/t46-,50-,51-,52+,56-/m1/s1. The van der Waals surface area contributed by atoms with Crippen molar-refractivity contribution in [3.8, 4) is 0 Å². The van der Waals surface area contributed by atoms with E-state index in [4.69, 9.17) is 10.5 Å². The van der Waals surface area contributed by atoms with Gasteiger partial charge in [-0.05, 0) is 6.42 Å². The molecule has 0 radical (unpaired) electrons. The van der Waals surface area contributed by atoms with Crippen LogP contribution in [-0.2, 0) is 50.7 Å². The first-order valence-electron chi connectivity index (χ1n) is 31.5. The third-order valence-electron chi connectivity index (χ3n) is 15.2. The lowest BCUT2D eigenvalue weighted by Crippen LogP contribution is -2.46. The number of rotatable bonds is 53. The van der Waals surface area contributed by atoms with Crippen LogP contribution in [0.2, 0.25) is 0 Å². The molecule has 2 aromatic rings. The van der Waals surface area contributed by atoms with Crippen molar-refractivity contribution < 1.29 is 80.5 Å². The van der Waals surface area contributed by atoms with Crippen molar-refractivity contribution in [2.75, 3.05) is 37.8 Å². The van der Waals surface area contributed by atoms with Crippen molar-refractivity contribution in [1.29, 1.82) is 0 Å². The predicted octanol–water partition coefficient (Wildman–Crippen LogP) is 9.42. The average Bonchev–Trinajstić information content (AvgIpc) is 2.05. The number of hydrogen-bond acceptors (Lipinski definition) is 22. The number of ether oxygens (including phenoxy) is 1. The summed E-state index contributed by atoms with van der Waals surface area (Å²) in [7, 11) is -17.6. The first kappa shape index (κ1) is 76.8. The zero-order valence-electron chi connectivity index (χ0n) is 51.0. The zero-order valence-corrected chi connectivity index (χ0v) is 54.5. The second-order valence-electron chi connectivity index (χ2n) is 23.3. The Morgan fingerprint density at radius 2 is 1.14 bits per heavy atom. The summed E-state index contributed by atoms with van der Waals surface area (Å²) < 4.78 is 61.1. The van der Waals surface area contributed by atoms with E-state index in [2.05, 4.69) is 50.4 Å². The molecule has 85 heavy (non-hydrogen) atoms. The number of amides is 2. The van der Waals surface area contributed by atoms with Crippen molar-refractivity contribution in [2.45, 2.75) is 276 Å². The van der Waals surface area contributed by atoms with Gasteiger partial charge in [0.1, 0.15) is 36.3 Å². The number of carbonyl (C=O) groups excluding carboxylic acids is 3. The summed E-state index contributed by atoms with van der Waals surface area (Å²) in [6, 6.07) is 0. The Kier molecular flexibility index (Phi) is 39.1. The normalized spacial score (nSPS) is 18.4. The summed E-state index contributed by atoms with van der Waals surface area (Å²) in [4.78, 5) is 97.4. The number of hydrogen-bond donors (Lipinski definition) is 5. The molecule has 0 saturated carbocycles. The highest BCUT2D eigenvalue weighted by Gasteiger charge is 2.47. The van der Waals surface area contributed by atoms with Crippen LogP contribution >= 0.6 is 35.2 Å². The van der Waals surface area contributed by atoms with Gasteiger partial charge in [-0.2, -0.15) is 0 Å². The topological polar surface area (TPSA) is 375 Å². The van der Waals surface area contributed by atoms with E-state index in [0.29, 0.717) is 12.2 Å². The fourth-order valence-electron chi connectivity index (χ4n) is 10.2. The maximum absolute atomic E-state index is 12.7. The number of carbonyl (C=O) groups is 3. The van der Waals surface area contributed by atoms with Gasteiger partial charge in [0.05, 0.1) is 27.4 Å². The molecule has 24 nitrogen and oxygen atoms in total. The Bertz CT molecular complexity index is 2320. The van der Waals surface area contributed by atoms with E-state index in [-0.39, 0.29) is 41.6 Å². The highest BCUT2D eigenvalue weighted by Crippen LogP contribution is 2.56. The second kappa shape index (κ2) is 43.3. The molecule has 1 fully saturated rings. The SMILES string of the molecule is CCCCCCCCCCCCCCCCCCCCCCCCCCCCCCCCCCCC(=O)SCCNC(=O)CCNC(=O)[C@H](O)C(C)(C)COP(=O)([O-])OP(=O)([O-])OC[C@H]1O[C@@H](n2cnc3c(N)ncnc32)[C@H](O)[C@@H]1OP(=O)([O-])[O-]. The average molecular weight is 1280 g/mol. The highest BCUT2D eigenvalue weighted by atomic mass is 32.2. The molecule has 1 saturated heterocycles. The van der Waals surface area contributed by atoms with E-state index in [1.165, 1.54) is 206 Å². The summed E-state index contributed by atoms with van der Waals surface area (Å²) in [5.74, 6) is -1.12. The number of aliphatic hydroxyl groups is 2. The molecule has 28 heteroatoms. The molecule has 2 aromatic heterocycles. The maximum atomic E-state index is 12.7. The number of nitrogens with two attached hydrogens (primary N) is 1. The van der Waals surface area contributed by atoms with Gasteiger partial charge in [-0.25, -0.2) is 19.3 Å². The van der Waals surface area contributed by atoms with Crippen molar-refractivity contribution in [1.82, 2.24) is 30.2 Å². The van der Waals surface area contributed by atoms with Crippen LogP contribution in [0.1, 0.15) is 252 Å². The van der Waals surface area contributed by atoms with Gasteiger partial charge in [0.25, 0.3) is 15.6 Å². The monoisotopic (exact) mass is 1280 g/mol. The largest absolute Gasteiger partial charge is 0.790 e. The van der Waals surface area contributed by atoms with Crippen LogP contribution in [0.25, 0.3) is 11.2 Å². The summed E-state index contributed by atoms with van der Waals surface area (Å²) in [6.45, 7) is 2.49. The first-order valence-corrected chi connectivity index (χ1v) is 36.9. The number of thioether (sulfide) groups is 1. The van der Waals surface area contributed by atoms with E-state index in [1.807, 2.05) is 0 Å². The van der Waals surface area contributed by atoms with Crippen LogP contribution < -0.4 is 35.9 Å². The number of aliphatic hydroxyl groups excluding tert-OH is 2. The summed E-state index contributed by atoms with van der Waals surface area (Å²) in [6.07, 6.45) is 37.6. The molecule has 6 N–H and O–H groups in total. The van der Waals surface area contributed by atoms with Gasteiger partial charge < -0.3 is 69.0 Å². The molecular formula is C57H102N7O17P3S-4. The zero-order chi connectivity index (χ0) is 62.4. The molecule has 2 unspecified atom stereocenters. The number of nitrogens with zero attached hydrogens (tertiary/aromatic N) is 4. The van der Waals surface area contributed by atoms with Gasteiger partial charge in [0.15, 0.2) is 22.8 Å². The Morgan fingerprint density at radius 3 is 1.61 bits per heavy atom. The molecule has 7 atom stereocenters. The van der Waals surface area contributed by atoms with Crippen LogP contribution in [0.5, 0.6) is 0 Å². The lowest BCUT2D eigenvalue weighted by atomic mass is 9.87. The minimum Gasteiger partial charge on any atom is -0.790 e. The molecule has 3 heterocycles. The second-order valence-corrected chi connectivity index (χ2v) is 28.5. The number of imidazole rings is 1. The van der Waals surface area contributed by atoms with Crippen LogP contribution in [0.15, 0.2) is 12.7 Å². The van der Waals surface area contributed by atoms with Crippen molar-refractivity contribution in [3.05, 3.63) is 12.7 Å². The van der Waals surface area contributed by atoms with Gasteiger partial charge >= 0.3 is 0 Å². The smallest absolute Gasteiger partial charge is 0.274 e. The van der Waals surface area contributed by atoms with Gasteiger partial charge in [-0.3, -0.25) is 28.1 Å². The van der Waals surface area contributed by atoms with Gasteiger partial charge in [0, 0.05) is 37.1 Å². The van der Waals surface area contributed by atoms with Crippen LogP contribution in [-0.4, -0.2) is 103 Å². The third-order valence-corrected chi connectivity index (χ3v) is 19.2. The van der Waals surface area contributed by atoms with Crippen LogP contribution in [0, 0.1) is 5.41 Å². The number of nitrogen functional groups attached to an aromatic ring is 1. The lowest BCUT2D eigenvalue weighted by molar-refractivity contribution is -0.347. The first-order chi connectivity index (χ1) is 40.6. The van der Waals surface area contributed by atoms with Gasteiger partial charge in [0.2, 0.25) is 11.8 Å². The number of unbranched alkanes of at least 4 members (excludes halogenated alkanes) is 32. The van der Waals surface area contributed by atoms with Crippen molar-refractivity contribution in [3.63, 3.8) is 0 Å². The summed E-state index contributed by atoms with van der Waals surface area (Å²) in [5.41, 5.74) is 4.11. The van der Waals surface area contributed by atoms with E-state index < -0.39 is 84.6 Å². The summed E-state index contributed by atoms with van der Waals surface area (Å²) >= 11 is 1.15. The summed E-state index contributed by atoms with van der Waals surface area (Å²) in [5, 5.41) is 26.6. The molecule has 1 aliphatic heterocycles. The number of aromatic nitrogens is 4. The molecule has 1 aliphatic rings. The third kappa shape index (κ3) is 34.4. The van der Waals surface area contributed by atoms with E-state index in [1.54, 1.807) is 0 Å². The molecule has 0 spiro atoms. The number of phosphoric acid groups is 3. The molecule has 0 aliphatic carbocycles. The van der Waals surface area contributed by atoms with Gasteiger partial charge in [-0.15, -0.1) is 0 Å². The number of anilines is 1. The number of nitrogens with one attached hydrogen (secondary N) is 2. The van der Waals surface area contributed by atoms with Crippen LogP contribution in [0.3, 0.4) is 0 Å². The van der Waals surface area contributed by atoms with Crippen molar-refractivity contribution in [2.24, 2.45) is 5.41 Å². The molecular weight excluding hydrogens is 1180 g/mol. The molecule has 3 rings (SSSR count). The molecule has 2 amide bonds. The van der Waals surface area contributed by atoms with E-state index >= 15 is 0 Å². The fourth-order valence-corrected chi connectivity index (χ4v) is 13.6. The Balaban J connectivity index is 1.11. The minimum absolute atomic E-state index is 0.0165.